The number of nitrogen functional groups attached to an aromatic ring is 1. The molecule has 7 nitrogen and oxygen atoms in total. The van der Waals surface area contributed by atoms with Crippen molar-refractivity contribution in [3.63, 3.8) is 0 Å². The third-order valence-corrected chi connectivity index (χ3v) is 6.91. The normalized spacial score (nSPS) is 15.0. The van der Waals surface area contributed by atoms with Gasteiger partial charge in [0.05, 0.1) is 5.52 Å². The Bertz CT molecular complexity index is 1450. The van der Waals surface area contributed by atoms with Crippen molar-refractivity contribution in [2.75, 3.05) is 18.8 Å². The molecule has 2 N–H and O–H groups in total. The van der Waals surface area contributed by atoms with Crippen molar-refractivity contribution >= 4 is 28.7 Å². The number of rotatable bonds is 3. The third-order valence-electron chi connectivity index (χ3n) is 6.91. The molecule has 3 aromatic carbocycles. The molecule has 0 aliphatic carbocycles. The van der Waals surface area contributed by atoms with E-state index in [1.54, 1.807) is 4.90 Å². The van der Waals surface area contributed by atoms with Crippen molar-refractivity contribution in [2.45, 2.75) is 25.9 Å². The number of benzene rings is 3. The van der Waals surface area contributed by atoms with Gasteiger partial charge in [0.15, 0.2) is 0 Å². The second-order valence-corrected chi connectivity index (χ2v) is 9.14. The summed E-state index contributed by atoms with van der Waals surface area (Å²) >= 11 is 0. The first-order valence-electron chi connectivity index (χ1n) is 11.9. The van der Waals surface area contributed by atoms with Crippen LogP contribution in [0, 0.1) is 0 Å². The Hall–Kier alpha value is -4.26. The highest BCUT2D eigenvalue weighted by Crippen LogP contribution is 2.31. The summed E-state index contributed by atoms with van der Waals surface area (Å²) in [6, 6.07) is 21.3. The molecule has 4 aromatic rings. The van der Waals surface area contributed by atoms with Crippen LogP contribution in [-0.4, -0.2) is 44.7 Å². The monoisotopic (exact) mass is 463 g/mol. The number of carbonyl (C=O) groups is 2. The first kappa shape index (κ1) is 21.3. The average molecular weight is 464 g/mol. The Kier molecular flexibility index (Phi) is 5.17. The first-order valence-corrected chi connectivity index (χ1v) is 11.9. The van der Waals surface area contributed by atoms with Crippen LogP contribution in [0.25, 0.3) is 22.0 Å². The summed E-state index contributed by atoms with van der Waals surface area (Å²) in [6.45, 7) is 2.64. The molecule has 0 unspecified atom stereocenters. The number of fused-ring (bicyclic) bond motifs is 2. The molecule has 7 heteroatoms. The molecule has 2 aliphatic heterocycles. The molecule has 35 heavy (non-hydrogen) atoms. The van der Waals surface area contributed by atoms with Crippen molar-refractivity contribution in [3.05, 3.63) is 89.1 Å². The second kappa shape index (κ2) is 8.51. The fourth-order valence-electron chi connectivity index (χ4n) is 5.12. The van der Waals surface area contributed by atoms with Crippen LogP contribution in [0.2, 0.25) is 0 Å². The van der Waals surface area contributed by atoms with Gasteiger partial charge in [0.25, 0.3) is 11.8 Å². The maximum Gasteiger partial charge on any atom is 0.273 e. The van der Waals surface area contributed by atoms with E-state index in [0.717, 1.165) is 48.2 Å². The van der Waals surface area contributed by atoms with Crippen LogP contribution in [-0.2, 0) is 13.1 Å². The number of amides is 2. The van der Waals surface area contributed by atoms with E-state index in [1.807, 2.05) is 71.6 Å². The van der Waals surface area contributed by atoms with Gasteiger partial charge in [-0.2, -0.15) is 0 Å². The fourth-order valence-corrected chi connectivity index (χ4v) is 5.12. The minimum Gasteiger partial charge on any atom is -0.368 e. The van der Waals surface area contributed by atoms with E-state index in [1.165, 1.54) is 0 Å². The van der Waals surface area contributed by atoms with Crippen LogP contribution in [0.3, 0.4) is 0 Å². The molecule has 2 amide bonds. The van der Waals surface area contributed by atoms with Gasteiger partial charge < -0.3 is 15.5 Å². The number of nitrogens with zero attached hydrogens (tertiary/aromatic N) is 4. The van der Waals surface area contributed by atoms with Crippen molar-refractivity contribution in [3.8, 4) is 11.1 Å². The van der Waals surface area contributed by atoms with Crippen molar-refractivity contribution in [2.24, 2.45) is 0 Å². The molecular weight excluding hydrogens is 438 g/mol. The number of hydrogen-bond donors (Lipinski definition) is 1. The smallest absolute Gasteiger partial charge is 0.273 e. The van der Waals surface area contributed by atoms with Crippen LogP contribution in [0.4, 0.5) is 5.95 Å². The number of carbonyl (C=O) groups excluding carboxylic acids is 2. The number of aromatic nitrogens is 2. The zero-order valence-corrected chi connectivity index (χ0v) is 19.3. The third kappa shape index (κ3) is 3.79. The maximum atomic E-state index is 13.6. The lowest BCUT2D eigenvalue weighted by molar-refractivity contribution is 0.0746. The molecular formula is C28H25N5O2. The molecule has 0 spiro atoms. The minimum atomic E-state index is -0.182. The summed E-state index contributed by atoms with van der Waals surface area (Å²) in [5.74, 6) is -0.0771. The summed E-state index contributed by atoms with van der Waals surface area (Å²) in [6.07, 6.45) is 2.07. The first-order chi connectivity index (χ1) is 17.1. The highest BCUT2D eigenvalue weighted by atomic mass is 16.2. The van der Waals surface area contributed by atoms with E-state index < -0.39 is 0 Å². The van der Waals surface area contributed by atoms with E-state index in [2.05, 4.69) is 9.97 Å². The molecule has 6 rings (SSSR count). The Morgan fingerprint density at radius 3 is 2.20 bits per heavy atom. The van der Waals surface area contributed by atoms with Crippen molar-refractivity contribution < 1.29 is 9.59 Å². The highest BCUT2D eigenvalue weighted by Gasteiger charge is 2.27. The van der Waals surface area contributed by atoms with Crippen LogP contribution >= 0.6 is 0 Å². The summed E-state index contributed by atoms with van der Waals surface area (Å²) < 4.78 is 0. The van der Waals surface area contributed by atoms with Crippen LogP contribution in [0.15, 0.2) is 66.7 Å². The van der Waals surface area contributed by atoms with Gasteiger partial charge in [0.2, 0.25) is 5.95 Å². The van der Waals surface area contributed by atoms with Gasteiger partial charge in [0, 0.05) is 37.1 Å². The van der Waals surface area contributed by atoms with Crippen molar-refractivity contribution in [1.29, 1.82) is 0 Å². The molecule has 0 radical (unpaired) electrons. The van der Waals surface area contributed by atoms with E-state index in [0.29, 0.717) is 29.6 Å². The maximum absolute atomic E-state index is 13.6. The van der Waals surface area contributed by atoms with Gasteiger partial charge in [-0.25, -0.2) is 9.97 Å². The van der Waals surface area contributed by atoms with Gasteiger partial charge in [-0.3, -0.25) is 9.59 Å². The lowest BCUT2D eigenvalue weighted by Gasteiger charge is -2.19. The number of nitrogens with two attached hydrogens (primary N) is 1. The van der Waals surface area contributed by atoms with E-state index in [9.17, 15) is 9.59 Å². The van der Waals surface area contributed by atoms with E-state index in [4.69, 9.17) is 5.73 Å². The van der Waals surface area contributed by atoms with Crippen molar-refractivity contribution in [1.82, 2.24) is 19.8 Å². The van der Waals surface area contributed by atoms with Crippen LogP contribution < -0.4 is 5.73 Å². The predicted octanol–water partition coefficient (Wildman–Crippen LogP) is 4.27. The molecule has 174 valence electrons. The zero-order chi connectivity index (χ0) is 23.9. The zero-order valence-electron chi connectivity index (χ0n) is 19.3. The molecule has 2 aliphatic rings. The lowest BCUT2D eigenvalue weighted by atomic mass is 9.97. The molecule has 3 heterocycles. The highest BCUT2D eigenvalue weighted by molar-refractivity contribution is 6.07. The van der Waals surface area contributed by atoms with Gasteiger partial charge in [-0.1, -0.05) is 48.5 Å². The van der Waals surface area contributed by atoms with Gasteiger partial charge in [-0.15, -0.1) is 0 Å². The lowest BCUT2D eigenvalue weighted by Crippen LogP contribution is -2.28. The summed E-state index contributed by atoms with van der Waals surface area (Å²) in [7, 11) is 0. The topological polar surface area (TPSA) is 92.4 Å². The number of anilines is 1. The molecule has 0 saturated carbocycles. The Morgan fingerprint density at radius 2 is 1.46 bits per heavy atom. The number of hydrogen-bond acceptors (Lipinski definition) is 5. The Balaban J connectivity index is 1.41. The molecule has 0 bridgehead atoms. The standard InChI is InChI=1S/C28H25N5O2/c29-28-30-24-12-11-18(21-9-3-4-10-22(21)26(34)32-13-5-6-14-32)15-23(24)25(31-28)27(35)33-16-19-7-1-2-8-20(19)17-33/h1-4,7-12,15H,5-6,13-14,16-17H2,(H2,29,30,31). The Morgan fingerprint density at radius 1 is 0.771 bits per heavy atom. The SMILES string of the molecule is Nc1nc(C(=O)N2Cc3ccccc3C2)c2cc(-c3ccccc3C(=O)N3CCCC3)ccc2n1. The quantitative estimate of drug-likeness (QED) is 0.490. The predicted molar refractivity (Wildman–Crippen MR) is 135 cm³/mol. The summed E-state index contributed by atoms with van der Waals surface area (Å²) in [4.78, 5) is 39.2. The molecule has 1 fully saturated rings. The fraction of sp³-hybridized carbons (Fsp3) is 0.214. The minimum absolute atomic E-state index is 0.0397. The Labute approximate surface area is 203 Å². The van der Waals surface area contributed by atoms with E-state index >= 15 is 0 Å². The van der Waals surface area contributed by atoms with Gasteiger partial charge in [0.1, 0.15) is 5.69 Å². The molecule has 0 atom stereocenters. The largest absolute Gasteiger partial charge is 0.368 e. The van der Waals surface area contributed by atoms with Crippen LogP contribution in [0.1, 0.15) is 44.8 Å². The molecule has 1 saturated heterocycles. The summed E-state index contributed by atoms with van der Waals surface area (Å²) in [5, 5.41) is 0.626. The van der Waals surface area contributed by atoms with Gasteiger partial charge >= 0.3 is 0 Å². The number of likely N-dealkylation sites (tertiary alicyclic amines) is 1. The molecule has 1 aromatic heterocycles. The van der Waals surface area contributed by atoms with Crippen LogP contribution in [0.5, 0.6) is 0 Å². The van der Waals surface area contributed by atoms with E-state index in [-0.39, 0.29) is 23.5 Å². The second-order valence-electron chi connectivity index (χ2n) is 9.14. The average Bonchev–Trinajstić information content (AvgIpc) is 3.57. The summed E-state index contributed by atoms with van der Waals surface area (Å²) in [5.41, 5.74) is 11.5. The van der Waals surface area contributed by atoms with Gasteiger partial charge in [-0.05, 0) is 53.3 Å².